The van der Waals surface area contributed by atoms with E-state index in [1.807, 2.05) is 0 Å². The molecule has 0 aliphatic rings. The van der Waals surface area contributed by atoms with Crippen LogP contribution < -0.4 is 0 Å². The number of hydrogen-bond acceptors (Lipinski definition) is 2. The van der Waals surface area contributed by atoms with Crippen LogP contribution >= 0.6 is 15.9 Å². The third kappa shape index (κ3) is 1.92. The molecule has 1 aromatic heterocycles. The zero-order chi connectivity index (χ0) is 10.8. The summed E-state index contributed by atoms with van der Waals surface area (Å²) in [6.07, 6.45) is 1.70. The van der Waals surface area contributed by atoms with E-state index < -0.39 is 5.97 Å². The van der Waals surface area contributed by atoms with Gasteiger partial charge in [0.1, 0.15) is 4.60 Å². The highest BCUT2D eigenvalue weighted by Crippen LogP contribution is 2.15. The second-order valence-corrected chi connectivity index (χ2v) is 3.72. The van der Waals surface area contributed by atoms with Crippen LogP contribution in [-0.2, 0) is 0 Å². The molecule has 0 spiro atoms. The van der Waals surface area contributed by atoms with Gasteiger partial charge in [-0.25, -0.2) is 9.48 Å². The van der Waals surface area contributed by atoms with Crippen LogP contribution in [0, 0.1) is 0 Å². The first-order chi connectivity index (χ1) is 7.18. The van der Waals surface area contributed by atoms with Gasteiger partial charge < -0.3 is 5.11 Å². The van der Waals surface area contributed by atoms with E-state index in [0.717, 1.165) is 0 Å². The van der Waals surface area contributed by atoms with Crippen molar-refractivity contribution >= 4 is 21.9 Å². The van der Waals surface area contributed by atoms with Crippen LogP contribution in [0.3, 0.4) is 0 Å². The molecule has 0 aliphatic heterocycles. The number of benzene rings is 1. The molecule has 5 heteroatoms. The Bertz CT molecular complexity index is 508. The Morgan fingerprint density at radius 2 is 2.07 bits per heavy atom. The number of nitrogens with zero attached hydrogens (tertiary/aromatic N) is 2. The third-order valence-corrected chi connectivity index (χ3v) is 2.36. The number of carbonyl (C=O) groups is 1. The zero-order valence-electron chi connectivity index (χ0n) is 7.59. The summed E-state index contributed by atoms with van der Waals surface area (Å²) in [7, 11) is 0. The molecule has 0 bridgehead atoms. The molecule has 15 heavy (non-hydrogen) atoms. The maximum atomic E-state index is 10.9. The lowest BCUT2D eigenvalue weighted by molar-refractivity contribution is 0.0696. The Morgan fingerprint density at radius 1 is 1.33 bits per heavy atom. The van der Waals surface area contributed by atoms with Crippen molar-refractivity contribution in [2.75, 3.05) is 0 Å². The number of rotatable bonds is 2. The van der Waals surface area contributed by atoms with Gasteiger partial charge in [0.2, 0.25) is 0 Å². The highest BCUT2D eigenvalue weighted by molar-refractivity contribution is 9.10. The van der Waals surface area contributed by atoms with E-state index in [4.69, 9.17) is 5.11 Å². The van der Waals surface area contributed by atoms with Gasteiger partial charge in [-0.3, -0.25) is 0 Å². The minimum absolute atomic E-state index is 0.230. The lowest BCUT2D eigenvalue weighted by atomic mass is 10.2. The number of aromatic carboxylic acids is 1. The second-order valence-electron chi connectivity index (χ2n) is 2.91. The molecule has 1 heterocycles. The maximum absolute atomic E-state index is 10.9. The Labute approximate surface area is 94.3 Å². The average molecular weight is 267 g/mol. The summed E-state index contributed by atoms with van der Waals surface area (Å²) in [6.45, 7) is 0. The largest absolute Gasteiger partial charge is 0.478 e. The first kappa shape index (κ1) is 9.92. The zero-order valence-corrected chi connectivity index (χ0v) is 9.18. The molecule has 2 rings (SSSR count). The van der Waals surface area contributed by atoms with E-state index in [9.17, 15) is 4.79 Å². The summed E-state index contributed by atoms with van der Waals surface area (Å²) < 4.78 is 2.19. The van der Waals surface area contributed by atoms with Gasteiger partial charge in [0.25, 0.3) is 0 Å². The van der Waals surface area contributed by atoms with Gasteiger partial charge in [0.05, 0.1) is 11.3 Å². The standard InChI is InChI=1S/C10H7BrN2O2/c11-9-5-6-13(12-9)8-4-2-1-3-7(8)10(14)15/h1-6H,(H,14,15). The Hall–Kier alpha value is -1.62. The average Bonchev–Trinajstić information content (AvgIpc) is 2.65. The van der Waals surface area contributed by atoms with Gasteiger partial charge in [-0.2, -0.15) is 5.10 Å². The van der Waals surface area contributed by atoms with Crippen LogP contribution in [-0.4, -0.2) is 20.9 Å². The number of carboxylic acids is 1. The normalized spacial score (nSPS) is 10.2. The molecule has 0 amide bonds. The van der Waals surface area contributed by atoms with E-state index in [-0.39, 0.29) is 5.56 Å². The van der Waals surface area contributed by atoms with Crippen molar-refractivity contribution in [3.63, 3.8) is 0 Å². The second kappa shape index (κ2) is 3.86. The van der Waals surface area contributed by atoms with E-state index in [2.05, 4.69) is 21.0 Å². The minimum atomic E-state index is -0.961. The monoisotopic (exact) mass is 266 g/mol. The fourth-order valence-electron chi connectivity index (χ4n) is 1.29. The summed E-state index contributed by atoms with van der Waals surface area (Å²) in [5.41, 5.74) is 0.781. The SMILES string of the molecule is O=C(O)c1ccccc1-n1ccc(Br)n1. The summed E-state index contributed by atoms with van der Waals surface area (Å²) in [6, 6.07) is 8.47. The molecule has 0 saturated carbocycles. The summed E-state index contributed by atoms with van der Waals surface area (Å²) in [5.74, 6) is -0.961. The highest BCUT2D eigenvalue weighted by atomic mass is 79.9. The van der Waals surface area contributed by atoms with Crippen molar-refractivity contribution in [1.82, 2.24) is 9.78 Å². The highest BCUT2D eigenvalue weighted by Gasteiger charge is 2.10. The van der Waals surface area contributed by atoms with Crippen LogP contribution in [0.15, 0.2) is 41.1 Å². The molecule has 1 N–H and O–H groups in total. The molecule has 0 fully saturated rings. The number of aromatic nitrogens is 2. The predicted molar refractivity (Wildman–Crippen MR) is 58.2 cm³/mol. The van der Waals surface area contributed by atoms with E-state index in [1.165, 1.54) is 4.68 Å². The lowest BCUT2D eigenvalue weighted by Gasteiger charge is -2.04. The number of carboxylic acid groups (broad SMARTS) is 1. The number of para-hydroxylation sites is 1. The fourth-order valence-corrected chi connectivity index (χ4v) is 1.58. The molecule has 0 unspecified atom stereocenters. The summed E-state index contributed by atoms with van der Waals surface area (Å²) in [5, 5.41) is 13.1. The molecule has 0 saturated heterocycles. The van der Waals surface area contributed by atoms with Gasteiger partial charge >= 0.3 is 5.97 Å². The molecule has 2 aromatic rings. The van der Waals surface area contributed by atoms with Crippen LogP contribution in [0.25, 0.3) is 5.69 Å². The predicted octanol–water partition coefficient (Wildman–Crippen LogP) is 2.33. The van der Waals surface area contributed by atoms with Gasteiger partial charge in [0, 0.05) is 6.20 Å². The molecule has 0 radical (unpaired) electrons. The van der Waals surface area contributed by atoms with Crippen LogP contribution in [0.5, 0.6) is 0 Å². The number of halogens is 1. The quantitative estimate of drug-likeness (QED) is 0.908. The Morgan fingerprint density at radius 3 is 2.67 bits per heavy atom. The fraction of sp³-hybridized carbons (Fsp3) is 0. The summed E-state index contributed by atoms with van der Waals surface area (Å²) in [4.78, 5) is 10.9. The molecule has 76 valence electrons. The van der Waals surface area contributed by atoms with Crippen molar-refractivity contribution in [2.45, 2.75) is 0 Å². The molecular formula is C10H7BrN2O2. The third-order valence-electron chi connectivity index (χ3n) is 1.94. The Kier molecular flexibility index (Phi) is 2.55. The molecule has 4 nitrogen and oxygen atoms in total. The lowest BCUT2D eigenvalue weighted by Crippen LogP contribution is -2.05. The van der Waals surface area contributed by atoms with Crippen molar-refractivity contribution in [1.29, 1.82) is 0 Å². The van der Waals surface area contributed by atoms with Crippen LogP contribution in [0.2, 0.25) is 0 Å². The van der Waals surface area contributed by atoms with E-state index >= 15 is 0 Å². The van der Waals surface area contributed by atoms with Crippen molar-refractivity contribution in [3.8, 4) is 5.69 Å². The Balaban J connectivity index is 2.57. The first-order valence-corrected chi connectivity index (χ1v) is 5.01. The minimum Gasteiger partial charge on any atom is -0.478 e. The number of hydrogen-bond donors (Lipinski definition) is 1. The molecular weight excluding hydrogens is 260 g/mol. The topological polar surface area (TPSA) is 55.1 Å². The van der Waals surface area contributed by atoms with Crippen molar-refractivity contribution in [2.24, 2.45) is 0 Å². The van der Waals surface area contributed by atoms with Crippen LogP contribution in [0.4, 0.5) is 0 Å². The van der Waals surface area contributed by atoms with E-state index in [0.29, 0.717) is 10.3 Å². The first-order valence-electron chi connectivity index (χ1n) is 4.22. The molecule has 0 aliphatic carbocycles. The molecule has 1 aromatic carbocycles. The summed E-state index contributed by atoms with van der Waals surface area (Å²) >= 11 is 3.21. The van der Waals surface area contributed by atoms with Gasteiger partial charge in [-0.15, -0.1) is 0 Å². The van der Waals surface area contributed by atoms with Crippen molar-refractivity contribution < 1.29 is 9.90 Å². The molecule has 0 atom stereocenters. The van der Waals surface area contributed by atoms with Crippen molar-refractivity contribution in [3.05, 3.63) is 46.7 Å². The van der Waals surface area contributed by atoms with Gasteiger partial charge in [-0.1, -0.05) is 12.1 Å². The van der Waals surface area contributed by atoms with E-state index in [1.54, 1.807) is 36.5 Å². The maximum Gasteiger partial charge on any atom is 0.337 e. The smallest absolute Gasteiger partial charge is 0.337 e. The van der Waals surface area contributed by atoms with Crippen LogP contribution in [0.1, 0.15) is 10.4 Å². The van der Waals surface area contributed by atoms with Gasteiger partial charge in [0.15, 0.2) is 0 Å². The van der Waals surface area contributed by atoms with Gasteiger partial charge in [-0.05, 0) is 34.1 Å².